The Labute approximate surface area is 120 Å². The summed E-state index contributed by atoms with van der Waals surface area (Å²) in [6.07, 6.45) is 3.59. The molecule has 1 aliphatic rings. The number of phenolic OH excluding ortho intramolecular Hbond substituents is 1. The molecule has 0 spiro atoms. The highest BCUT2D eigenvalue weighted by Crippen LogP contribution is 2.34. The second-order valence-electron chi connectivity index (χ2n) is 4.91. The van der Waals surface area contributed by atoms with Crippen molar-refractivity contribution in [2.24, 2.45) is 0 Å². The minimum absolute atomic E-state index is 0.0792. The molecule has 0 aliphatic carbocycles. The number of hydrogen-bond acceptors (Lipinski definition) is 3. The van der Waals surface area contributed by atoms with Gasteiger partial charge < -0.3 is 14.8 Å². The first kappa shape index (κ1) is 11.8. The van der Waals surface area contributed by atoms with E-state index in [0.29, 0.717) is 11.3 Å². The lowest BCUT2D eigenvalue weighted by Crippen LogP contribution is -1.98. The van der Waals surface area contributed by atoms with Gasteiger partial charge in [0, 0.05) is 23.2 Å². The van der Waals surface area contributed by atoms with Gasteiger partial charge >= 0.3 is 0 Å². The fraction of sp³-hybridized carbons (Fsp3) is 0. The molecule has 102 valence electrons. The third kappa shape index (κ3) is 1.80. The van der Waals surface area contributed by atoms with Gasteiger partial charge in [-0.25, -0.2) is 0 Å². The van der Waals surface area contributed by atoms with E-state index in [9.17, 15) is 9.90 Å². The van der Waals surface area contributed by atoms with Crippen LogP contribution in [0.5, 0.6) is 11.5 Å². The summed E-state index contributed by atoms with van der Waals surface area (Å²) < 4.78 is 5.57. The number of aromatic amines is 1. The maximum Gasteiger partial charge on any atom is 0.231 e. The lowest BCUT2D eigenvalue weighted by atomic mass is 10.1. The number of H-pyrrole nitrogens is 1. The Balaban J connectivity index is 1.82. The predicted molar refractivity (Wildman–Crippen MR) is 79.3 cm³/mol. The third-order valence-electron chi connectivity index (χ3n) is 3.57. The molecule has 3 aromatic rings. The number of aromatic nitrogens is 1. The molecular formula is C17H11NO3. The summed E-state index contributed by atoms with van der Waals surface area (Å²) in [5.74, 6) is 0.574. The number of allylic oxidation sites excluding steroid dienone is 1. The highest BCUT2D eigenvalue weighted by molar-refractivity contribution is 6.15. The van der Waals surface area contributed by atoms with Crippen molar-refractivity contribution in [3.63, 3.8) is 0 Å². The molecular weight excluding hydrogens is 266 g/mol. The van der Waals surface area contributed by atoms with Crippen LogP contribution in [-0.2, 0) is 0 Å². The Morgan fingerprint density at radius 2 is 2.05 bits per heavy atom. The maximum atomic E-state index is 12.3. The van der Waals surface area contributed by atoms with E-state index in [1.54, 1.807) is 12.1 Å². The zero-order valence-corrected chi connectivity index (χ0v) is 11.0. The summed E-state index contributed by atoms with van der Waals surface area (Å²) in [7, 11) is 0. The second-order valence-corrected chi connectivity index (χ2v) is 4.91. The first-order valence-corrected chi connectivity index (χ1v) is 6.56. The van der Waals surface area contributed by atoms with Crippen LogP contribution in [0.3, 0.4) is 0 Å². The Hall–Kier alpha value is -3.01. The van der Waals surface area contributed by atoms with Crippen molar-refractivity contribution in [1.29, 1.82) is 0 Å². The third-order valence-corrected chi connectivity index (χ3v) is 3.57. The molecule has 0 saturated carbocycles. The number of ether oxygens (including phenoxy) is 1. The molecule has 0 unspecified atom stereocenters. The number of benzene rings is 2. The Morgan fingerprint density at radius 3 is 2.95 bits per heavy atom. The smallest absolute Gasteiger partial charge is 0.231 e. The van der Waals surface area contributed by atoms with Crippen molar-refractivity contribution < 1.29 is 14.6 Å². The van der Waals surface area contributed by atoms with E-state index in [4.69, 9.17) is 4.74 Å². The molecule has 4 rings (SSSR count). The highest BCUT2D eigenvalue weighted by atomic mass is 16.5. The molecule has 2 aromatic carbocycles. The SMILES string of the molecule is O=C1C(=Cc2cccc3[nH]ccc23)Oc2cc(O)ccc21. The standard InChI is InChI=1S/C17H11NO3/c19-11-4-5-13-15(9-11)21-16(17(13)20)8-10-2-1-3-14-12(10)6-7-18-14/h1-9,18-19H. The molecule has 0 amide bonds. The zero-order chi connectivity index (χ0) is 14.4. The molecule has 0 bridgehead atoms. The van der Waals surface area contributed by atoms with Crippen LogP contribution in [0, 0.1) is 0 Å². The van der Waals surface area contributed by atoms with Crippen LogP contribution in [0.1, 0.15) is 15.9 Å². The van der Waals surface area contributed by atoms with Crippen LogP contribution in [0.15, 0.2) is 54.4 Å². The van der Waals surface area contributed by atoms with Crippen molar-refractivity contribution in [1.82, 2.24) is 4.98 Å². The van der Waals surface area contributed by atoms with E-state index < -0.39 is 0 Å². The summed E-state index contributed by atoms with van der Waals surface area (Å²) >= 11 is 0. The van der Waals surface area contributed by atoms with Crippen LogP contribution >= 0.6 is 0 Å². The molecule has 4 heteroatoms. The Bertz CT molecular complexity index is 905. The van der Waals surface area contributed by atoms with E-state index in [1.807, 2.05) is 30.5 Å². The van der Waals surface area contributed by atoms with Gasteiger partial charge in [-0.3, -0.25) is 4.79 Å². The van der Waals surface area contributed by atoms with Gasteiger partial charge in [0.2, 0.25) is 5.78 Å². The zero-order valence-electron chi connectivity index (χ0n) is 11.0. The predicted octanol–water partition coefficient (Wildman–Crippen LogP) is 3.49. The van der Waals surface area contributed by atoms with Gasteiger partial charge in [-0.2, -0.15) is 0 Å². The van der Waals surface area contributed by atoms with Crippen LogP contribution in [-0.4, -0.2) is 15.9 Å². The van der Waals surface area contributed by atoms with E-state index in [0.717, 1.165) is 16.5 Å². The number of aromatic hydroxyl groups is 1. The monoisotopic (exact) mass is 277 g/mol. The van der Waals surface area contributed by atoms with Crippen molar-refractivity contribution in [2.45, 2.75) is 0 Å². The second kappa shape index (κ2) is 4.24. The fourth-order valence-electron chi connectivity index (χ4n) is 2.55. The van der Waals surface area contributed by atoms with Crippen LogP contribution in [0.25, 0.3) is 17.0 Å². The van der Waals surface area contributed by atoms with Gasteiger partial charge in [0.1, 0.15) is 11.5 Å². The molecule has 4 nitrogen and oxygen atoms in total. The lowest BCUT2D eigenvalue weighted by molar-refractivity contribution is 0.101. The van der Waals surface area contributed by atoms with Gasteiger partial charge in [-0.1, -0.05) is 12.1 Å². The summed E-state index contributed by atoms with van der Waals surface area (Å²) in [4.78, 5) is 15.4. The molecule has 21 heavy (non-hydrogen) atoms. The van der Waals surface area contributed by atoms with Crippen LogP contribution in [0.4, 0.5) is 0 Å². The maximum absolute atomic E-state index is 12.3. The molecule has 1 aromatic heterocycles. The number of nitrogens with one attached hydrogen (secondary N) is 1. The molecule has 0 fully saturated rings. The number of Topliss-reactive ketones (excluding diaryl/α,β-unsaturated/α-hetero) is 1. The summed E-state index contributed by atoms with van der Waals surface area (Å²) in [6, 6.07) is 12.3. The van der Waals surface area contributed by atoms with Crippen LogP contribution in [0.2, 0.25) is 0 Å². The van der Waals surface area contributed by atoms with Gasteiger partial charge in [0.05, 0.1) is 5.56 Å². The summed E-state index contributed by atoms with van der Waals surface area (Å²) in [5.41, 5.74) is 2.39. The van der Waals surface area contributed by atoms with Crippen molar-refractivity contribution in [3.05, 3.63) is 65.5 Å². The first-order valence-electron chi connectivity index (χ1n) is 6.56. The number of carbonyl (C=O) groups is 1. The average molecular weight is 277 g/mol. The topological polar surface area (TPSA) is 62.3 Å². The van der Waals surface area contributed by atoms with Gasteiger partial charge in [-0.05, 0) is 35.9 Å². The van der Waals surface area contributed by atoms with Gasteiger partial charge in [-0.15, -0.1) is 0 Å². The minimum Gasteiger partial charge on any atom is -0.508 e. The Morgan fingerprint density at radius 1 is 1.14 bits per heavy atom. The van der Waals surface area contributed by atoms with Gasteiger partial charge in [0.15, 0.2) is 5.76 Å². The normalized spacial score (nSPS) is 15.4. The lowest BCUT2D eigenvalue weighted by Gasteiger charge is -2.00. The molecule has 2 heterocycles. The minimum atomic E-state index is -0.169. The van der Waals surface area contributed by atoms with E-state index in [2.05, 4.69) is 4.98 Å². The molecule has 0 saturated heterocycles. The summed E-state index contributed by atoms with van der Waals surface area (Å²) in [6.45, 7) is 0. The van der Waals surface area contributed by atoms with E-state index in [-0.39, 0.29) is 17.3 Å². The Kier molecular flexibility index (Phi) is 2.38. The first-order chi connectivity index (χ1) is 10.2. The largest absolute Gasteiger partial charge is 0.508 e. The molecule has 0 atom stereocenters. The van der Waals surface area contributed by atoms with E-state index in [1.165, 1.54) is 12.1 Å². The van der Waals surface area contributed by atoms with Crippen LogP contribution < -0.4 is 4.74 Å². The van der Waals surface area contributed by atoms with Crippen molar-refractivity contribution in [3.8, 4) is 11.5 Å². The molecule has 0 radical (unpaired) electrons. The number of fused-ring (bicyclic) bond motifs is 2. The number of rotatable bonds is 1. The number of ketones is 1. The number of hydrogen-bond donors (Lipinski definition) is 2. The van der Waals surface area contributed by atoms with Gasteiger partial charge in [0.25, 0.3) is 0 Å². The van der Waals surface area contributed by atoms with Crippen molar-refractivity contribution >= 4 is 22.8 Å². The molecule has 1 aliphatic heterocycles. The average Bonchev–Trinajstić information content (AvgIpc) is 3.05. The van der Waals surface area contributed by atoms with E-state index >= 15 is 0 Å². The molecule has 2 N–H and O–H groups in total. The quantitative estimate of drug-likeness (QED) is 0.669. The number of carbonyl (C=O) groups excluding carboxylic acids is 1. The highest BCUT2D eigenvalue weighted by Gasteiger charge is 2.27. The number of phenols is 1. The fourth-order valence-corrected chi connectivity index (χ4v) is 2.55. The van der Waals surface area contributed by atoms with Crippen molar-refractivity contribution in [2.75, 3.05) is 0 Å². The summed E-state index contributed by atoms with van der Waals surface area (Å²) in [5, 5.41) is 10.5.